The van der Waals surface area contributed by atoms with Gasteiger partial charge in [0.2, 0.25) is 0 Å². The fourth-order valence-electron chi connectivity index (χ4n) is 13.9. The fraction of sp³-hybridized carbons (Fsp3) is 0.178. The summed E-state index contributed by atoms with van der Waals surface area (Å²) >= 11 is 0. The lowest BCUT2D eigenvalue weighted by atomic mass is 9.82. The molecular formula is C90H80N6. The van der Waals surface area contributed by atoms with Crippen LogP contribution in [0.3, 0.4) is 0 Å². The Balaban J connectivity index is 1.01. The molecule has 6 heteroatoms. The predicted molar refractivity (Wildman–Crippen MR) is 405 cm³/mol. The molecule has 0 bridgehead atoms. The Kier molecular flexibility index (Phi) is 15.1. The minimum absolute atomic E-state index is 0.0185. The highest BCUT2D eigenvalue weighted by molar-refractivity contribution is 6.12. The number of aromatic nitrogens is 6. The van der Waals surface area contributed by atoms with Crippen molar-refractivity contribution < 1.29 is 0 Å². The van der Waals surface area contributed by atoms with E-state index in [1.165, 1.54) is 65.9 Å². The summed E-state index contributed by atoms with van der Waals surface area (Å²) in [5.41, 5.74) is 24.3. The van der Waals surface area contributed by atoms with Gasteiger partial charge in [-0.1, -0.05) is 277 Å². The van der Waals surface area contributed by atoms with Crippen molar-refractivity contribution in [3.8, 4) is 101 Å². The van der Waals surface area contributed by atoms with E-state index in [1.54, 1.807) is 0 Å². The first-order valence-corrected chi connectivity index (χ1v) is 33.7. The molecule has 0 aliphatic rings. The van der Waals surface area contributed by atoms with Crippen LogP contribution < -0.4 is 0 Å². The van der Waals surface area contributed by atoms with Gasteiger partial charge in [0.1, 0.15) is 0 Å². The second-order valence-corrected chi connectivity index (χ2v) is 29.9. The lowest BCUT2D eigenvalue weighted by Gasteiger charge is -2.25. The van der Waals surface area contributed by atoms with Gasteiger partial charge in [-0.3, -0.25) is 0 Å². The van der Waals surface area contributed by atoms with E-state index in [4.69, 9.17) is 19.9 Å². The van der Waals surface area contributed by atoms with E-state index in [-0.39, 0.29) is 21.7 Å². The minimum atomic E-state index is -0.0241. The molecule has 11 aromatic carbocycles. The molecule has 0 spiro atoms. The van der Waals surface area contributed by atoms with E-state index in [9.17, 15) is 0 Å². The molecule has 470 valence electrons. The van der Waals surface area contributed by atoms with Gasteiger partial charge >= 0.3 is 0 Å². The van der Waals surface area contributed by atoms with E-state index in [1.807, 2.05) is 36.4 Å². The maximum Gasteiger partial charge on any atom is 0.164 e. The third-order valence-electron chi connectivity index (χ3n) is 19.3. The van der Waals surface area contributed by atoms with E-state index in [0.29, 0.717) is 17.5 Å². The Bertz CT molecular complexity index is 5240. The number of hydrogen-bond acceptors (Lipinski definition) is 4. The third-order valence-corrected chi connectivity index (χ3v) is 19.3. The van der Waals surface area contributed by atoms with E-state index < -0.39 is 0 Å². The number of benzene rings is 11. The zero-order valence-corrected chi connectivity index (χ0v) is 57.1. The first-order chi connectivity index (χ1) is 46.1. The Morgan fingerprint density at radius 2 is 0.510 bits per heavy atom. The van der Waals surface area contributed by atoms with Gasteiger partial charge in [0.15, 0.2) is 17.5 Å². The van der Waals surface area contributed by atoms with Crippen LogP contribution in [0.4, 0.5) is 0 Å². The summed E-state index contributed by atoms with van der Waals surface area (Å²) in [5, 5.41) is 5.01. The van der Waals surface area contributed by atoms with Crippen molar-refractivity contribution in [2.24, 2.45) is 0 Å². The summed E-state index contributed by atoms with van der Waals surface area (Å²) in [6, 6.07) is 97.3. The van der Waals surface area contributed by atoms with Crippen LogP contribution in [0.15, 0.2) is 267 Å². The fourth-order valence-corrected chi connectivity index (χ4v) is 13.9. The molecule has 0 N–H and O–H groups in total. The Morgan fingerprint density at radius 1 is 0.229 bits per heavy atom. The summed E-state index contributed by atoms with van der Waals surface area (Å²) in [6.45, 7) is 27.6. The quantitative estimate of drug-likeness (QED) is 0.137. The highest BCUT2D eigenvalue weighted by atomic mass is 15.0. The molecule has 4 heterocycles. The van der Waals surface area contributed by atoms with Crippen molar-refractivity contribution in [2.75, 3.05) is 0 Å². The van der Waals surface area contributed by atoms with Crippen molar-refractivity contribution in [3.63, 3.8) is 0 Å². The smallest absolute Gasteiger partial charge is 0.164 e. The van der Waals surface area contributed by atoms with Crippen LogP contribution in [-0.2, 0) is 21.7 Å². The summed E-state index contributed by atoms with van der Waals surface area (Å²) in [7, 11) is 0. The maximum atomic E-state index is 6.08. The van der Waals surface area contributed by atoms with Gasteiger partial charge in [-0.05, 0) is 133 Å². The Labute approximate surface area is 564 Å². The van der Waals surface area contributed by atoms with Crippen LogP contribution in [0.2, 0.25) is 0 Å². The van der Waals surface area contributed by atoms with Crippen molar-refractivity contribution in [1.29, 1.82) is 0 Å². The molecule has 0 aliphatic heterocycles. The van der Waals surface area contributed by atoms with Crippen LogP contribution in [0.25, 0.3) is 145 Å². The molecular weight excluding hydrogens is 1170 g/mol. The number of rotatable bonds is 10. The molecule has 0 amide bonds. The van der Waals surface area contributed by atoms with E-state index in [0.717, 1.165) is 84.0 Å². The average molecular weight is 1250 g/mol. The van der Waals surface area contributed by atoms with Gasteiger partial charge in [0.25, 0.3) is 0 Å². The Morgan fingerprint density at radius 3 is 0.865 bits per heavy atom. The van der Waals surface area contributed by atoms with Gasteiger partial charge in [-0.25, -0.2) is 19.9 Å². The van der Waals surface area contributed by atoms with Gasteiger partial charge in [-0.15, -0.1) is 0 Å². The maximum absolute atomic E-state index is 6.08. The standard InChI is InChI=1S/C90H80N6/c1-87(2,3)63-41-49-75-71(53-63)72-54-64(88(4,5)6)42-50-76(72)95(75)67-45-37-58(38-46-67)80-81(69-35-25-26-36-70(69)86-93-84(61-31-21-15-22-32-61)92-85(94-86)62-33-23-16-24-34-62)79(57-27-17-13-18-28-57)83(91-82(80)59-29-19-14-20-30-59)60-39-47-68(48-40-60)96-77-51-43-65(89(7,8)9)55-73(77)74-56-66(90(10,11)12)44-52-78(74)96/h13-56H,1-12H3. The van der Waals surface area contributed by atoms with Crippen LogP contribution in [0.5, 0.6) is 0 Å². The van der Waals surface area contributed by atoms with Gasteiger partial charge in [-0.2, -0.15) is 0 Å². The van der Waals surface area contributed by atoms with Crippen LogP contribution >= 0.6 is 0 Å². The molecule has 15 aromatic rings. The molecule has 0 aliphatic carbocycles. The summed E-state index contributed by atoms with van der Waals surface area (Å²) in [5.74, 6) is 1.75. The Hall–Kier alpha value is -10.8. The van der Waals surface area contributed by atoms with Crippen molar-refractivity contribution in [2.45, 2.75) is 105 Å². The second kappa shape index (κ2) is 23.6. The highest BCUT2D eigenvalue weighted by Gasteiger charge is 2.30. The van der Waals surface area contributed by atoms with Crippen LogP contribution in [0, 0.1) is 0 Å². The van der Waals surface area contributed by atoms with Gasteiger partial charge < -0.3 is 9.13 Å². The van der Waals surface area contributed by atoms with E-state index >= 15 is 0 Å². The molecule has 0 saturated heterocycles. The number of pyridine rings is 1. The number of fused-ring (bicyclic) bond motifs is 6. The molecule has 0 radical (unpaired) electrons. The van der Waals surface area contributed by atoms with Crippen LogP contribution in [-0.4, -0.2) is 29.1 Å². The topological polar surface area (TPSA) is 61.4 Å². The molecule has 0 fully saturated rings. The monoisotopic (exact) mass is 1240 g/mol. The summed E-state index contributed by atoms with van der Waals surface area (Å²) in [6.07, 6.45) is 0. The van der Waals surface area contributed by atoms with Gasteiger partial charge in [0.05, 0.1) is 33.5 Å². The zero-order valence-electron chi connectivity index (χ0n) is 57.1. The molecule has 0 saturated carbocycles. The molecule has 96 heavy (non-hydrogen) atoms. The van der Waals surface area contributed by atoms with Crippen LogP contribution in [0.1, 0.15) is 105 Å². The van der Waals surface area contributed by atoms with E-state index in [2.05, 4.69) is 323 Å². The van der Waals surface area contributed by atoms with Crippen molar-refractivity contribution in [3.05, 3.63) is 289 Å². The molecule has 6 nitrogen and oxygen atoms in total. The normalized spacial score (nSPS) is 12.4. The molecule has 0 atom stereocenters. The average Bonchev–Trinajstić information content (AvgIpc) is 1.20. The summed E-state index contributed by atoms with van der Waals surface area (Å²) in [4.78, 5) is 22.2. The van der Waals surface area contributed by atoms with Crippen molar-refractivity contribution >= 4 is 43.6 Å². The molecule has 0 unspecified atom stereocenters. The molecule has 15 rings (SSSR count). The molecule has 4 aromatic heterocycles. The number of nitrogens with zero attached hydrogens (tertiary/aromatic N) is 6. The SMILES string of the molecule is CC(C)(C)c1ccc2c(c1)c1cc(C(C)(C)C)ccc1n2-c1ccc(-c2nc(-c3ccccc3)c(-c3ccc(-n4c5ccc(C(C)(C)C)cc5c5cc(C(C)(C)C)ccc54)cc3)c(-c3ccccc3-c3nc(-c4ccccc4)nc(-c4ccccc4)n3)c2-c2ccccc2)cc1. The first kappa shape index (κ1) is 61.4. The zero-order chi connectivity index (χ0) is 66.4. The largest absolute Gasteiger partial charge is 0.309 e. The highest BCUT2D eigenvalue weighted by Crippen LogP contribution is 2.52. The predicted octanol–water partition coefficient (Wildman–Crippen LogP) is 24.0. The number of hydrogen-bond donors (Lipinski definition) is 0. The minimum Gasteiger partial charge on any atom is -0.309 e. The third kappa shape index (κ3) is 11.2. The first-order valence-electron chi connectivity index (χ1n) is 33.7. The lowest BCUT2D eigenvalue weighted by molar-refractivity contribution is 0.590. The van der Waals surface area contributed by atoms with Crippen molar-refractivity contribution in [1.82, 2.24) is 29.1 Å². The second-order valence-electron chi connectivity index (χ2n) is 29.9. The lowest BCUT2D eigenvalue weighted by Crippen LogP contribution is -2.10. The van der Waals surface area contributed by atoms with Gasteiger partial charge in [0, 0.05) is 77.4 Å². The summed E-state index contributed by atoms with van der Waals surface area (Å²) < 4.78 is 4.89.